The Balaban J connectivity index is 0.000000212. The molecule has 2 aromatic carbocycles. The molecule has 6 N–H and O–H groups in total. The number of carbonyl (C=O) groups excluding carboxylic acids is 4. The predicted octanol–water partition coefficient (Wildman–Crippen LogP) is 6.19. The number of nitrogens with zero attached hydrogens (tertiary/aromatic N) is 2. The number of esters is 2. The van der Waals surface area contributed by atoms with Gasteiger partial charge in [0.1, 0.15) is 60.2 Å². The molecule has 0 bridgehead atoms. The van der Waals surface area contributed by atoms with Gasteiger partial charge in [0.15, 0.2) is 29.6 Å². The van der Waals surface area contributed by atoms with Crippen molar-refractivity contribution in [3.8, 4) is 11.5 Å². The fourth-order valence-corrected chi connectivity index (χ4v) is 13.9. The van der Waals surface area contributed by atoms with Crippen LogP contribution in [0.2, 0.25) is 0 Å². The van der Waals surface area contributed by atoms with Gasteiger partial charge in [0.25, 0.3) is 11.3 Å². The fourth-order valence-electron chi connectivity index (χ4n) is 9.08. The second-order valence-electron chi connectivity index (χ2n) is 19.9. The van der Waals surface area contributed by atoms with Crippen LogP contribution in [0.25, 0.3) is 0 Å². The van der Waals surface area contributed by atoms with Crippen LogP contribution in [0, 0.1) is 0 Å². The van der Waals surface area contributed by atoms with Crippen LogP contribution in [0.5, 0.6) is 11.5 Å². The molecule has 79 heavy (non-hydrogen) atoms. The van der Waals surface area contributed by atoms with Crippen molar-refractivity contribution in [2.24, 2.45) is 0 Å². The number of aromatic amines is 1. The van der Waals surface area contributed by atoms with Gasteiger partial charge in [-0.25, -0.2) is 23.7 Å². The number of aromatic nitrogens is 2. The van der Waals surface area contributed by atoms with E-state index < -0.39 is 121 Å². The Hall–Kier alpha value is -4.33. The largest absolute Gasteiger partial charge is 0.461 e. The first-order valence-corrected chi connectivity index (χ1v) is 32.1. The third kappa shape index (κ3) is 17.8. The van der Waals surface area contributed by atoms with Crippen molar-refractivity contribution >= 4 is 70.9 Å². The lowest BCUT2D eigenvalue weighted by Gasteiger charge is -2.32. The number of aliphatic hydroxyl groups is 3. The number of ether oxygens (including phenoxy) is 4. The van der Waals surface area contributed by atoms with E-state index in [2.05, 4.69) is 10.2 Å². The standard InChI is InChI=1S/C26H34FN2O8PS.C15H21ClNO3PS.C10H13FN2O5/c1-17(24(33)35-19-9-5-3-6-10-19)28-38(39,37-20-11-7-4-8-12-20)34-16-21-23(32)26(2,27)25(36-21)29-14-13-18(30)15-22(29)31;1-12(15(18)19-13-8-4-2-5-9-13)17-21(16,22)20-14-10-6-3-7-11-14;1-10(11)7(16)5(4-14)18-8(10)13-3-2-6(15)12-9(13)17/h4,7-8,11-14,17,19,21,23,25,32H,3,5-6,9-10,15-16H2,1-2H3,(H,28,39);3,6-7,10-13H,2,4-5,8-9H2,1H3,(H,17,22);2-3,5,7-8,14,16H,4H2,1H3,(H,12,15,17)/t17-,21+,23+,25+,26+,38?;12-,21?;5-,7-,8-,10-/m001/s1. The number of aliphatic hydroxyl groups excluding tert-OH is 3. The number of carbonyl (C=O) groups is 4. The van der Waals surface area contributed by atoms with Gasteiger partial charge in [-0.2, -0.15) is 0 Å². The van der Waals surface area contributed by atoms with Crippen LogP contribution in [0.4, 0.5) is 8.78 Å². The molecular weight excluding hydrogens is 1140 g/mol. The number of nitrogens with one attached hydrogen (secondary N) is 3. The Bertz CT molecular complexity index is 2790. The average Bonchev–Trinajstić information content (AvgIpc) is 4.07. The summed E-state index contributed by atoms with van der Waals surface area (Å²) in [4.78, 5) is 74.2. The van der Waals surface area contributed by atoms with E-state index in [0.29, 0.717) is 11.5 Å². The molecule has 4 fully saturated rings. The van der Waals surface area contributed by atoms with Gasteiger partial charge < -0.3 is 47.8 Å². The number of rotatable bonds is 18. The molecular formula is C51H68ClF2N5O16P2S2. The van der Waals surface area contributed by atoms with Gasteiger partial charge >= 0.3 is 24.3 Å². The summed E-state index contributed by atoms with van der Waals surface area (Å²) < 4.78 is 70.3. The first-order valence-electron chi connectivity index (χ1n) is 25.8. The van der Waals surface area contributed by atoms with Crippen molar-refractivity contribution in [1.29, 1.82) is 0 Å². The van der Waals surface area contributed by atoms with Gasteiger partial charge in [-0.1, -0.05) is 49.2 Å². The number of H-pyrrole nitrogens is 1. The summed E-state index contributed by atoms with van der Waals surface area (Å²) in [5.74, 6) is -3.72. The number of allylic oxidation sites excluding steroid dienone is 1. The molecule has 2 unspecified atom stereocenters. The van der Waals surface area contributed by atoms with Gasteiger partial charge in [0, 0.05) is 18.5 Å². The summed E-state index contributed by atoms with van der Waals surface area (Å²) in [6, 6.07) is 17.3. The van der Waals surface area contributed by atoms with Crippen LogP contribution >= 0.6 is 23.7 Å². The molecule has 4 heterocycles. The number of amides is 1. The molecule has 12 atom stereocenters. The summed E-state index contributed by atoms with van der Waals surface area (Å²) in [5, 5.41) is 35.2. The van der Waals surface area contributed by atoms with Crippen molar-refractivity contribution in [2.75, 3.05) is 13.2 Å². The number of hydrogen-bond acceptors (Lipinski definition) is 18. The minimum Gasteiger partial charge on any atom is -0.461 e. The molecule has 3 aliphatic heterocycles. The van der Waals surface area contributed by atoms with Crippen LogP contribution in [0.3, 0.4) is 0 Å². The van der Waals surface area contributed by atoms with E-state index in [1.165, 1.54) is 6.42 Å². The molecule has 2 aliphatic carbocycles. The topological polar surface area (TPSA) is 276 Å². The summed E-state index contributed by atoms with van der Waals surface area (Å²) in [6.45, 7) is 1.02. The maximum absolute atomic E-state index is 15.6. The van der Waals surface area contributed by atoms with Crippen LogP contribution in [-0.4, -0.2) is 133 Å². The van der Waals surface area contributed by atoms with E-state index in [1.54, 1.807) is 56.3 Å². The SMILES string of the molecule is C[C@@]1(F)[C@H](O)[C@@H](CO)O[C@H]1n1ccc(=O)[nH]c1=O.C[C@H](NP(=S)(Cl)Oc1ccccc1)C(=O)OC1CCCCC1.C[C@H](NP(=S)(OC[C@H]1O[C@@H](N2C=CC(=O)CC2=O)[C@](C)(F)[C@@H]1O)Oc1ccccc1)C(=O)OC1CCCCC1. The van der Waals surface area contributed by atoms with Crippen LogP contribution < -0.4 is 30.5 Å². The molecule has 21 nitrogen and oxygen atoms in total. The van der Waals surface area contributed by atoms with Crippen LogP contribution in [-0.2, 0) is 66.3 Å². The van der Waals surface area contributed by atoms with E-state index in [0.717, 1.165) is 106 Å². The minimum atomic E-state index is -3.47. The van der Waals surface area contributed by atoms with E-state index in [4.69, 9.17) is 72.5 Å². The molecule has 28 heteroatoms. The van der Waals surface area contributed by atoms with Gasteiger partial charge in [0.05, 0.1) is 19.6 Å². The van der Waals surface area contributed by atoms with Gasteiger partial charge in [-0.3, -0.25) is 38.4 Å². The first-order chi connectivity index (χ1) is 37.3. The van der Waals surface area contributed by atoms with E-state index in [1.807, 2.05) is 23.2 Å². The molecule has 8 rings (SSSR count). The average molecular weight is 1210 g/mol. The second kappa shape index (κ2) is 28.6. The zero-order valence-corrected chi connectivity index (χ0v) is 48.1. The highest BCUT2D eigenvalue weighted by molar-refractivity contribution is 8.23. The van der Waals surface area contributed by atoms with Crippen molar-refractivity contribution in [3.05, 3.63) is 106 Å². The van der Waals surface area contributed by atoms with E-state index in [9.17, 15) is 43.4 Å². The molecule has 2 saturated carbocycles. The zero-order valence-electron chi connectivity index (χ0n) is 43.9. The third-order valence-electron chi connectivity index (χ3n) is 13.4. The zero-order chi connectivity index (χ0) is 57.7. The Labute approximate surface area is 470 Å². The third-order valence-corrected chi connectivity index (χ3v) is 18.1. The quantitative estimate of drug-likeness (QED) is 0.0471. The van der Waals surface area contributed by atoms with Crippen LogP contribution in [0.15, 0.2) is 94.8 Å². The van der Waals surface area contributed by atoms with E-state index >= 15 is 4.39 Å². The maximum Gasteiger partial charge on any atom is 0.330 e. The summed E-state index contributed by atoms with van der Waals surface area (Å²) in [6.07, 6.45) is 4.43. The normalized spacial score (nSPS) is 28.6. The van der Waals surface area contributed by atoms with Crippen molar-refractivity contribution in [3.63, 3.8) is 0 Å². The Morgan fingerprint density at radius 2 is 1.27 bits per heavy atom. The minimum absolute atomic E-state index is 0.0220. The number of ketones is 1. The lowest BCUT2D eigenvalue weighted by Crippen LogP contribution is -2.51. The van der Waals surface area contributed by atoms with Crippen molar-refractivity contribution in [1.82, 2.24) is 24.6 Å². The highest BCUT2D eigenvalue weighted by Gasteiger charge is 2.58. The Morgan fingerprint density at radius 1 is 0.772 bits per heavy atom. The number of halogens is 3. The van der Waals surface area contributed by atoms with Gasteiger partial charge in [-0.15, -0.1) is 0 Å². The first kappa shape index (κ1) is 63.8. The Morgan fingerprint density at radius 3 is 1.77 bits per heavy atom. The van der Waals surface area contributed by atoms with Gasteiger partial charge in [-0.05, 0) is 144 Å². The second-order valence-corrected chi connectivity index (χ2v) is 28.0. The number of alkyl halides is 2. The van der Waals surface area contributed by atoms with Crippen LogP contribution in [0.1, 0.15) is 105 Å². The summed E-state index contributed by atoms with van der Waals surface area (Å²) >= 11 is 17.2. The van der Waals surface area contributed by atoms with Crippen molar-refractivity contribution < 1.29 is 75.8 Å². The lowest BCUT2D eigenvalue weighted by atomic mass is 9.97. The number of benzene rings is 2. The molecule has 5 aliphatic rings. The molecule has 1 amide bonds. The predicted molar refractivity (Wildman–Crippen MR) is 293 cm³/mol. The lowest BCUT2D eigenvalue weighted by molar-refractivity contribution is -0.153. The fraction of sp³-hybridized carbons (Fsp3) is 0.569. The molecule has 436 valence electrons. The highest BCUT2D eigenvalue weighted by Crippen LogP contribution is 2.50. The monoisotopic (exact) mass is 1210 g/mol. The van der Waals surface area contributed by atoms with E-state index in [-0.39, 0.29) is 18.2 Å². The maximum atomic E-state index is 15.6. The molecule has 0 spiro atoms. The Kier molecular flexibility index (Phi) is 23.1. The highest BCUT2D eigenvalue weighted by atomic mass is 35.7. The number of hydrogen-bond donors (Lipinski definition) is 6. The smallest absolute Gasteiger partial charge is 0.330 e. The molecule has 2 saturated heterocycles. The molecule has 3 aromatic rings. The van der Waals surface area contributed by atoms with Crippen molar-refractivity contribution in [2.45, 2.75) is 171 Å². The van der Waals surface area contributed by atoms with Gasteiger partial charge in [0.2, 0.25) is 5.91 Å². The summed E-state index contributed by atoms with van der Waals surface area (Å²) in [5.41, 5.74) is -6.09. The molecule has 0 radical (unpaired) electrons. The number of para-hydroxylation sites is 2. The molecule has 1 aromatic heterocycles. The summed E-state index contributed by atoms with van der Waals surface area (Å²) in [7, 11) is 0.